The van der Waals surface area contributed by atoms with Gasteiger partial charge in [-0.05, 0) is 31.7 Å². The predicted octanol–water partition coefficient (Wildman–Crippen LogP) is 2.68. The number of likely N-dealkylation sites (tertiary alicyclic amines) is 1. The summed E-state index contributed by atoms with van der Waals surface area (Å²) in [6, 6.07) is 6.82. The van der Waals surface area contributed by atoms with E-state index in [4.69, 9.17) is 9.47 Å². The highest BCUT2D eigenvalue weighted by atomic mass is 16.5. The average molecular weight is 594 g/mol. The minimum absolute atomic E-state index is 0.0614. The van der Waals surface area contributed by atoms with E-state index in [9.17, 15) is 24.3 Å². The highest BCUT2D eigenvalue weighted by Crippen LogP contribution is 2.56. The number of aliphatic hydroxyl groups is 1. The minimum Gasteiger partial charge on any atom is -0.463 e. The zero-order valence-electron chi connectivity index (χ0n) is 25.2. The van der Waals surface area contributed by atoms with Gasteiger partial charge >= 0.3 is 5.97 Å². The van der Waals surface area contributed by atoms with Crippen molar-refractivity contribution in [3.05, 3.63) is 60.2 Å². The van der Waals surface area contributed by atoms with Crippen LogP contribution in [-0.4, -0.2) is 88.2 Å². The number of esters is 1. The number of allylic oxidation sites excluding steroid dienone is 1. The van der Waals surface area contributed by atoms with Crippen molar-refractivity contribution in [2.75, 3.05) is 19.8 Å². The lowest BCUT2D eigenvalue weighted by Crippen LogP contribution is -2.59. The van der Waals surface area contributed by atoms with Crippen LogP contribution in [0.1, 0.15) is 64.5 Å². The number of rotatable bonds is 7. The molecule has 5 rings (SSSR count). The van der Waals surface area contributed by atoms with Gasteiger partial charge in [-0.3, -0.25) is 19.2 Å². The predicted molar refractivity (Wildman–Crippen MR) is 158 cm³/mol. The van der Waals surface area contributed by atoms with Crippen LogP contribution in [-0.2, 0) is 28.7 Å². The fourth-order valence-corrected chi connectivity index (χ4v) is 7.14. The topological polar surface area (TPSA) is 125 Å². The number of nitrogens with one attached hydrogen (secondary N) is 1. The molecular formula is C33H43N3O7. The van der Waals surface area contributed by atoms with Gasteiger partial charge in [-0.1, -0.05) is 74.9 Å². The quantitative estimate of drug-likeness (QED) is 0.368. The number of benzene rings is 1. The van der Waals surface area contributed by atoms with Gasteiger partial charge in [0.2, 0.25) is 17.7 Å². The van der Waals surface area contributed by atoms with Crippen molar-refractivity contribution < 1.29 is 33.8 Å². The third-order valence-corrected chi connectivity index (χ3v) is 9.36. The van der Waals surface area contributed by atoms with Gasteiger partial charge < -0.3 is 29.7 Å². The van der Waals surface area contributed by atoms with Gasteiger partial charge in [0.1, 0.15) is 18.2 Å². The Hall–Kier alpha value is -3.50. The van der Waals surface area contributed by atoms with Crippen LogP contribution >= 0.6 is 0 Å². The highest BCUT2D eigenvalue weighted by molar-refractivity contribution is 6.00. The number of fused-ring (bicyclic) bond motifs is 2. The van der Waals surface area contributed by atoms with Gasteiger partial charge in [0.25, 0.3) is 0 Å². The molecule has 0 saturated carbocycles. The molecule has 4 aliphatic heterocycles. The number of nitrogens with zero attached hydrogens (tertiary/aromatic N) is 2. The van der Waals surface area contributed by atoms with E-state index in [1.54, 1.807) is 17.1 Å². The van der Waals surface area contributed by atoms with Crippen molar-refractivity contribution in [1.82, 2.24) is 15.1 Å². The van der Waals surface area contributed by atoms with Crippen LogP contribution in [0.25, 0.3) is 0 Å². The van der Waals surface area contributed by atoms with Gasteiger partial charge in [-0.2, -0.15) is 0 Å². The van der Waals surface area contributed by atoms with Gasteiger partial charge in [0, 0.05) is 19.0 Å². The molecule has 2 fully saturated rings. The van der Waals surface area contributed by atoms with Gasteiger partial charge in [0.15, 0.2) is 0 Å². The second kappa shape index (κ2) is 13.0. The number of carbonyl (C=O) groups is 4. The minimum atomic E-state index is -1.33. The first-order valence-electron chi connectivity index (χ1n) is 15.5. The molecule has 0 aromatic heterocycles. The number of aliphatic hydroxyl groups excluding tert-OH is 1. The Kier molecular flexibility index (Phi) is 9.36. The first kappa shape index (κ1) is 30.9. The molecule has 5 bridgehead atoms. The number of carbonyl (C=O) groups excluding carboxylic acids is 4. The molecule has 0 radical (unpaired) electrons. The van der Waals surface area contributed by atoms with Crippen LogP contribution in [0, 0.1) is 11.8 Å². The molecule has 43 heavy (non-hydrogen) atoms. The molecule has 1 spiro atoms. The number of hydrogen-bond acceptors (Lipinski definition) is 7. The van der Waals surface area contributed by atoms with Crippen LogP contribution in [0.4, 0.5) is 0 Å². The van der Waals surface area contributed by atoms with Crippen molar-refractivity contribution in [3.63, 3.8) is 0 Å². The molecule has 1 aromatic carbocycles. The maximum absolute atomic E-state index is 14.6. The fourth-order valence-electron chi connectivity index (χ4n) is 7.14. The first-order chi connectivity index (χ1) is 20.8. The Bertz CT molecular complexity index is 1260. The summed E-state index contributed by atoms with van der Waals surface area (Å²) in [5, 5.41) is 13.4. The summed E-state index contributed by atoms with van der Waals surface area (Å²) < 4.78 is 12.1. The third kappa shape index (κ3) is 5.62. The van der Waals surface area contributed by atoms with Crippen LogP contribution in [0.3, 0.4) is 0 Å². The lowest BCUT2D eigenvalue weighted by molar-refractivity contribution is -0.152. The molecular weight excluding hydrogens is 550 g/mol. The lowest BCUT2D eigenvalue weighted by atomic mass is 9.74. The number of hydrogen-bond donors (Lipinski definition) is 2. The maximum Gasteiger partial charge on any atom is 0.306 e. The molecule has 0 aliphatic carbocycles. The summed E-state index contributed by atoms with van der Waals surface area (Å²) in [6.07, 6.45) is 9.27. The molecule has 3 amide bonds. The third-order valence-electron chi connectivity index (χ3n) is 9.36. The van der Waals surface area contributed by atoms with E-state index >= 15 is 0 Å². The standard InChI is InChI=1S/C33H43N3O7/c1-4-12-21(3)35-18-11-7-10-15-26(38)42-20-24(22-13-8-6-9-14-22)34-30(39)27-25-16-17-33(43-25)28(27)31(40)36(23(5-2)19-37)29(33)32(35)41/h6-9,11,13-14,16-17,21,23-25,27-29,37H,4-5,10,12,15,18-20H2,1-3H3,(H,34,39)/b11-7-/t21?,23-,24+,25+,27-,28-,29+,33-/m0/s1. The average Bonchev–Trinajstić information content (AvgIpc) is 3.65. The summed E-state index contributed by atoms with van der Waals surface area (Å²) in [5.74, 6) is -3.27. The van der Waals surface area contributed by atoms with Crippen LogP contribution in [0.2, 0.25) is 0 Å². The summed E-state index contributed by atoms with van der Waals surface area (Å²) >= 11 is 0. The second-order valence-electron chi connectivity index (χ2n) is 12.0. The molecule has 4 aliphatic rings. The summed E-state index contributed by atoms with van der Waals surface area (Å²) in [4.78, 5) is 58.9. The van der Waals surface area contributed by atoms with Gasteiger partial charge in [-0.25, -0.2) is 0 Å². The molecule has 4 heterocycles. The maximum atomic E-state index is 14.6. The Labute approximate surface area is 253 Å². The van der Waals surface area contributed by atoms with E-state index in [1.807, 2.05) is 56.3 Å². The Balaban J connectivity index is 1.59. The summed E-state index contributed by atoms with van der Waals surface area (Å²) in [6.45, 7) is 5.81. The van der Waals surface area contributed by atoms with E-state index in [0.29, 0.717) is 12.8 Å². The number of amides is 3. The molecule has 1 aromatic rings. The molecule has 10 nitrogen and oxygen atoms in total. The highest BCUT2D eigenvalue weighted by Gasteiger charge is 2.73. The van der Waals surface area contributed by atoms with Crippen LogP contribution in [0.15, 0.2) is 54.6 Å². The molecule has 8 atom stereocenters. The molecule has 2 saturated heterocycles. The summed E-state index contributed by atoms with van der Waals surface area (Å²) in [5.41, 5.74) is -0.574. The van der Waals surface area contributed by atoms with E-state index in [0.717, 1.165) is 18.4 Å². The van der Waals surface area contributed by atoms with E-state index in [-0.39, 0.29) is 50.0 Å². The molecule has 1 unspecified atom stereocenters. The zero-order valence-corrected chi connectivity index (χ0v) is 25.2. The Morgan fingerprint density at radius 3 is 2.56 bits per heavy atom. The van der Waals surface area contributed by atoms with Crippen molar-refractivity contribution >= 4 is 23.7 Å². The monoisotopic (exact) mass is 593 g/mol. The fraction of sp³-hybridized carbons (Fsp3) is 0.576. The van der Waals surface area contributed by atoms with Crippen molar-refractivity contribution in [2.24, 2.45) is 11.8 Å². The van der Waals surface area contributed by atoms with Crippen molar-refractivity contribution in [3.8, 4) is 0 Å². The summed E-state index contributed by atoms with van der Waals surface area (Å²) in [7, 11) is 0. The second-order valence-corrected chi connectivity index (χ2v) is 12.0. The normalized spacial score (nSPS) is 33.3. The van der Waals surface area contributed by atoms with Crippen molar-refractivity contribution in [2.45, 2.75) is 88.7 Å². The smallest absolute Gasteiger partial charge is 0.306 e. The first-order valence-corrected chi connectivity index (χ1v) is 15.5. The van der Waals surface area contributed by atoms with Crippen LogP contribution < -0.4 is 5.32 Å². The largest absolute Gasteiger partial charge is 0.463 e. The van der Waals surface area contributed by atoms with Gasteiger partial charge in [0.05, 0.1) is 36.6 Å². The SMILES string of the molecule is CCCC(C)N1C/C=C\CCC(=O)OC[C@H](c2ccccc2)NC(=O)[C@@H]2[C@H]3C(=O)N([C@@H](CC)CO)[C@H](C1=O)[C@]31C=C[C@H]2O1. The number of ether oxygens (including phenoxy) is 2. The number of cyclic esters (lactones) is 1. The Morgan fingerprint density at radius 2 is 1.86 bits per heavy atom. The molecule has 10 heteroatoms. The lowest BCUT2D eigenvalue weighted by Gasteiger charge is -2.40. The Morgan fingerprint density at radius 1 is 1.09 bits per heavy atom. The van der Waals surface area contributed by atoms with E-state index in [1.165, 1.54) is 4.90 Å². The molecule has 232 valence electrons. The van der Waals surface area contributed by atoms with E-state index < -0.39 is 47.6 Å². The van der Waals surface area contributed by atoms with Crippen LogP contribution in [0.5, 0.6) is 0 Å². The van der Waals surface area contributed by atoms with E-state index in [2.05, 4.69) is 12.2 Å². The molecule has 2 N–H and O–H groups in total. The van der Waals surface area contributed by atoms with Gasteiger partial charge in [-0.15, -0.1) is 0 Å². The zero-order chi connectivity index (χ0) is 30.7. The van der Waals surface area contributed by atoms with Crippen molar-refractivity contribution in [1.29, 1.82) is 0 Å².